The Morgan fingerprint density at radius 3 is 2.24 bits per heavy atom. The van der Waals surface area contributed by atoms with Gasteiger partial charge in [0.2, 0.25) is 5.91 Å². The van der Waals surface area contributed by atoms with Crippen LogP contribution in [0.25, 0.3) is 0 Å². The molecule has 3 heteroatoms. The molecule has 2 rings (SSSR count). The summed E-state index contributed by atoms with van der Waals surface area (Å²) in [6.07, 6.45) is 9.61. The van der Waals surface area contributed by atoms with Crippen molar-refractivity contribution in [3.63, 3.8) is 0 Å². The lowest BCUT2D eigenvalue weighted by Crippen LogP contribution is -2.49. The second kappa shape index (κ2) is 10.5. The van der Waals surface area contributed by atoms with Crippen LogP contribution < -0.4 is 4.90 Å². The van der Waals surface area contributed by atoms with Gasteiger partial charge >= 0.3 is 0 Å². The lowest BCUT2D eigenvalue weighted by molar-refractivity contribution is -0.131. The van der Waals surface area contributed by atoms with Crippen LogP contribution in [-0.4, -0.2) is 37.0 Å². The van der Waals surface area contributed by atoms with E-state index in [1.807, 2.05) is 0 Å². The molecule has 1 aliphatic rings. The summed E-state index contributed by atoms with van der Waals surface area (Å²) in [7, 11) is 0. The van der Waals surface area contributed by atoms with Crippen LogP contribution in [0.15, 0.2) is 18.2 Å². The van der Waals surface area contributed by atoms with Crippen molar-refractivity contribution in [2.75, 3.05) is 31.1 Å². The van der Waals surface area contributed by atoms with Gasteiger partial charge in [-0.25, -0.2) is 0 Å². The number of nitrogens with zero attached hydrogens (tertiary/aromatic N) is 2. The van der Waals surface area contributed by atoms with Gasteiger partial charge < -0.3 is 9.80 Å². The third-order valence-corrected chi connectivity index (χ3v) is 5.54. The van der Waals surface area contributed by atoms with Crippen molar-refractivity contribution in [1.82, 2.24) is 4.90 Å². The number of aryl methyl sites for hydroxylation is 1. The van der Waals surface area contributed by atoms with Crippen LogP contribution in [-0.2, 0) is 4.79 Å². The summed E-state index contributed by atoms with van der Waals surface area (Å²) in [5.74, 6) is 0.356. The molecule has 0 aliphatic carbocycles. The first-order valence-electron chi connectivity index (χ1n) is 10.2. The minimum Gasteiger partial charge on any atom is -0.368 e. The average molecular weight is 345 g/mol. The van der Waals surface area contributed by atoms with Gasteiger partial charge in [0, 0.05) is 38.3 Å². The summed E-state index contributed by atoms with van der Waals surface area (Å²) >= 11 is 0. The lowest BCUT2D eigenvalue weighted by atomic mass is 10.1. The number of amides is 1. The van der Waals surface area contributed by atoms with E-state index in [1.54, 1.807) is 0 Å². The number of carbonyl (C=O) groups is 1. The number of piperazine rings is 1. The molecule has 1 aromatic rings. The molecular formula is C22H36N2O. The Morgan fingerprint density at radius 1 is 0.920 bits per heavy atom. The van der Waals surface area contributed by atoms with Crippen molar-refractivity contribution in [3.05, 3.63) is 29.3 Å². The quantitative estimate of drug-likeness (QED) is 0.582. The Kier molecular flexibility index (Phi) is 8.30. The van der Waals surface area contributed by atoms with E-state index in [4.69, 9.17) is 0 Å². The van der Waals surface area contributed by atoms with E-state index in [9.17, 15) is 4.79 Å². The predicted molar refractivity (Wildman–Crippen MR) is 107 cm³/mol. The van der Waals surface area contributed by atoms with E-state index in [-0.39, 0.29) is 0 Å². The Bertz CT molecular complexity index is 533. The minimum atomic E-state index is 0.356. The van der Waals surface area contributed by atoms with E-state index in [0.717, 1.165) is 39.0 Å². The van der Waals surface area contributed by atoms with Crippen LogP contribution in [0.2, 0.25) is 0 Å². The zero-order valence-electron chi connectivity index (χ0n) is 16.5. The zero-order valence-corrected chi connectivity index (χ0v) is 16.5. The molecule has 25 heavy (non-hydrogen) atoms. The normalized spacial score (nSPS) is 14.8. The third-order valence-electron chi connectivity index (χ3n) is 5.54. The number of hydrogen-bond donors (Lipinski definition) is 0. The number of unbranched alkanes of at least 4 members (excludes halogenated alkanes) is 6. The molecule has 0 atom stereocenters. The fraction of sp³-hybridized carbons (Fsp3) is 0.682. The van der Waals surface area contributed by atoms with Gasteiger partial charge in [-0.05, 0) is 37.5 Å². The summed E-state index contributed by atoms with van der Waals surface area (Å²) in [6, 6.07) is 6.51. The van der Waals surface area contributed by atoms with Crippen molar-refractivity contribution in [2.24, 2.45) is 0 Å². The van der Waals surface area contributed by atoms with Crippen LogP contribution in [0.4, 0.5) is 5.69 Å². The van der Waals surface area contributed by atoms with Crippen LogP contribution in [0, 0.1) is 13.8 Å². The number of benzene rings is 1. The van der Waals surface area contributed by atoms with Crippen LogP contribution in [0.3, 0.4) is 0 Å². The molecule has 0 unspecified atom stereocenters. The van der Waals surface area contributed by atoms with E-state index >= 15 is 0 Å². The standard InChI is InChI=1S/C22H36N2O/c1-4-5-6-7-8-9-10-14-22(25)24-17-15-23(16-18-24)21-13-11-12-19(2)20(21)3/h11-13H,4-10,14-18H2,1-3H3. The minimum absolute atomic E-state index is 0.356. The summed E-state index contributed by atoms with van der Waals surface area (Å²) in [4.78, 5) is 16.9. The van der Waals surface area contributed by atoms with Gasteiger partial charge in [-0.3, -0.25) is 4.79 Å². The molecule has 0 spiro atoms. The molecule has 140 valence electrons. The molecule has 0 N–H and O–H groups in total. The molecule has 0 radical (unpaired) electrons. The molecule has 0 saturated carbocycles. The van der Waals surface area contributed by atoms with E-state index in [1.165, 1.54) is 55.3 Å². The third kappa shape index (κ3) is 6.05. The van der Waals surface area contributed by atoms with E-state index in [0.29, 0.717) is 5.91 Å². The highest BCUT2D eigenvalue weighted by Crippen LogP contribution is 2.24. The molecule has 1 aliphatic heterocycles. The number of carbonyl (C=O) groups excluding carboxylic acids is 1. The van der Waals surface area contributed by atoms with Crippen molar-refractivity contribution in [1.29, 1.82) is 0 Å². The highest BCUT2D eigenvalue weighted by molar-refractivity contribution is 5.76. The second-order valence-corrected chi connectivity index (χ2v) is 7.46. The Hall–Kier alpha value is -1.51. The molecule has 0 bridgehead atoms. The molecule has 1 amide bonds. The van der Waals surface area contributed by atoms with E-state index < -0.39 is 0 Å². The van der Waals surface area contributed by atoms with Gasteiger partial charge in [0.05, 0.1) is 0 Å². The Balaban J connectivity index is 1.67. The van der Waals surface area contributed by atoms with Gasteiger partial charge in [-0.2, -0.15) is 0 Å². The first kappa shape index (κ1) is 19.8. The molecule has 1 aromatic carbocycles. The molecular weight excluding hydrogens is 308 g/mol. The monoisotopic (exact) mass is 344 g/mol. The first-order valence-corrected chi connectivity index (χ1v) is 10.2. The molecule has 1 saturated heterocycles. The second-order valence-electron chi connectivity index (χ2n) is 7.46. The van der Waals surface area contributed by atoms with E-state index in [2.05, 4.69) is 48.8 Å². The maximum absolute atomic E-state index is 12.4. The highest BCUT2D eigenvalue weighted by atomic mass is 16.2. The smallest absolute Gasteiger partial charge is 0.222 e. The fourth-order valence-electron chi connectivity index (χ4n) is 3.67. The largest absolute Gasteiger partial charge is 0.368 e. The van der Waals surface area contributed by atoms with Crippen molar-refractivity contribution < 1.29 is 4.79 Å². The molecule has 1 heterocycles. The number of rotatable bonds is 9. The van der Waals surface area contributed by atoms with Crippen molar-refractivity contribution >= 4 is 11.6 Å². The van der Waals surface area contributed by atoms with Crippen LogP contribution in [0.5, 0.6) is 0 Å². The molecule has 3 nitrogen and oxygen atoms in total. The van der Waals surface area contributed by atoms with Crippen LogP contribution in [0.1, 0.15) is 69.4 Å². The molecule has 1 fully saturated rings. The van der Waals surface area contributed by atoms with Crippen LogP contribution >= 0.6 is 0 Å². The number of hydrogen-bond acceptors (Lipinski definition) is 2. The summed E-state index contributed by atoms with van der Waals surface area (Å²) in [5.41, 5.74) is 4.04. The SMILES string of the molecule is CCCCCCCCCC(=O)N1CCN(c2cccc(C)c2C)CC1. The molecule has 0 aromatic heterocycles. The van der Waals surface area contributed by atoms with Crippen molar-refractivity contribution in [3.8, 4) is 0 Å². The lowest BCUT2D eigenvalue weighted by Gasteiger charge is -2.37. The van der Waals surface area contributed by atoms with Crippen molar-refractivity contribution in [2.45, 2.75) is 72.1 Å². The zero-order chi connectivity index (χ0) is 18.1. The van der Waals surface area contributed by atoms with Gasteiger partial charge in [0.25, 0.3) is 0 Å². The predicted octanol–water partition coefficient (Wildman–Crippen LogP) is 5.09. The Labute approximate surface area is 154 Å². The first-order chi connectivity index (χ1) is 12.1. The summed E-state index contributed by atoms with van der Waals surface area (Å²) in [5, 5.41) is 0. The average Bonchev–Trinajstić information content (AvgIpc) is 2.63. The number of anilines is 1. The topological polar surface area (TPSA) is 23.6 Å². The summed E-state index contributed by atoms with van der Waals surface area (Å²) < 4.78 is 0. The maximum atomic E-state index is 12.4. The van der Waals surface area contributed by atoms with Gasteiger partial charge in [-0.15, -0.1) is 0 Å². The van der Waals surface area contributed by atoms with Gasteiger partial charge in [0.1, 0.15) is 0 Å². The Morgan fingerprint density at radius 2 is 1.56 bits per heavy atom. The van der Waals surface area contributed by atoms with Gasteiger partial charge in [0.15, 0.2) is 0 Å². The summed E-state index contributed by atoms with van der Waals surface area (Å²) in [6.45, 7) is 10.2. The fourth-order valence-corrected chi connectivity index (χ4v) is 3.67. The van der Waals surface area contributed by atoms with Gasteiger partial charge in [-0.1, -0.05) is 57.6 Å². The maximum Gasteiger partial charge on any atom is 0.222 e. The highest BCUT2D eigenvalue weighted by Gasteiger charge is 2.21.